The average Bonchev–Trinajstić information content (AvgIpc) is 3.50. The van der Waals surface area contributed by atoms with Gasteiger partial charge in [0.2, 0.25) is 15.8 Å². The molecule has 2 aromatic carbocycles. The lowest BCUT2D eigenvalue weighted by Crippen LogP contribution is -2.27. The van der Waals surface area contributed by atoms with Gasteiger partial charge in [0.1, 0.15) is 0 Å². The van der Waals surface area contributed by atoms with Crippen LogP contribution in [-0.2, 0) is 27.5 Å². The van der Waals surface area contributed by atoms with E-state index in [1.807, 2.05) is 0 Å². The van der Waals surface area contributed by atoms with E-state index in [1.54, 1.807) is 0 Å². The van der Waals surface area contributed by atoms with Crippen LogP contribution in [0.3, 0.4) is 0 Å². The fraction of sp³-hybridized carbons (Fsp3) is 0.286. The van der Waals surface area contributed by atoms with Gasteiger partial charge in [-0.2, -0.15) is 22.5 Å². The van der Waals surface area contributed by atoms with Gasteiger partial charge in [0.25, 0.3) is 5.89 Å². The molecule has 0 radical (unpaired) electrons. The molecule has 1 fully saturated rings. The van der Waals surface area contributed by atoms with Crippen LogP contribution < -0.4 is 0 Å². The highest BCUT2D eigenvalue weighted by atomic mass is 32.2. The number of aromatic nitrogens is 2. The maximum Gasteiger partial charge on any atom is 0.416 e. The number of halogens is 3. The number of ether oxygens (including phenoxy) is 1. The molecule has 1 aliphatic rings. The lowest BCUT2D eigenvalue weighted by Gasteiger charge is -2.15. The molecule has 8 nitrogen and oxygen atoms in total. The fourth-order valence-electron chi connectivity index (χ4n) is 3.29. The molecular formula is C21H18F3N3O5S. The molecule has 3 aromatic rings. The molecule has 33 heavy (non-hydrogen) atoms. The van der Waals surface area contributed by atoms with Crippen molar-refractivity contribution in [2.24, 2.45) is 0 Å². The largest absolute Gasteiger partial charge is 0.452 e. The minimum Gasteiger partial charge on any atom is -0.452 e. The Morgan fingerprint density at radius 1 is 1.03 bits per heavy atom. The van der Waals surface area contributed by atoms with Gasteiger partial charge in [0.15, 0.2) is 6.61 Å². The molecule has 12 heteroatoms. The summed E-state index contributed by atoms with van der Waals surface area (Å²) in [5, 5.41) is 3.68. The van der Waals surface area contributed by atoms with Gasteiger partial charge in [-0.3, -0.25) is 0 Å². The third-order valence-electron chi connectivity index (χ3n) is 5.06. The van der Waals surface area contributed by atoms with E-state index < -0.39 is 27.7 Å². The van der Waals surface area contributed by atoms with Gasteiger partial charge in [-0.05, 0) is 49.2 Å². The van der Waals surface area contributed by atoms with Gasteiger partial charge in [-0.15, -0.1) is 0 Å². The van der Waals surface area contributed by atoms with Crippen molar-refractivity contribution in [3.8, 4) is 11.4 Å². The van der Waals surface area contributed by atoms with E-state index in [0.717, 1.165) is 25.0 Å². The SMILES string of the molecule is O=C(OCc1nc(-c2ccc(C(F)(F)F)cc2)no1)c1ccc(S(=O)(=O)N2CCCC2)cc1. The van der Waals surface area contributed by atoms with E-state index in [9.17, 15) is 26.4 Å². The zero-order valence-electron chi connectivity index (χ0n) is 17.1. The third kappa shape index (κ3) is 5.06. The topological polar surface area (TPSA) is 103 Å². The van der Waals surface area contributed by atoms with Crippen LogP contribution in [0, 0.1) is 0 Å². The number of alkyl halides is 3. The van der Waals surface area contributed by atoms with Crippen LogP contribution in [0.2, 0.25) is 0 Å². The molecule has 0 unspecified atom stereocenters. The molecule has 0 atom stereocenters. The Kier molecular flexibility index (Phi) is 6.21. The van der Waals surface area contributed by atoms with Crippen LogP contribution in [0.25, 0.3) is 11.4 Å². The van der Waals surface area contributed by atoms with E-state index in [2.05, 4.69) is 10.1 Å². The molecule has 174 valence electrons. The molecule has 1 saturated heterocycles. The zero-order valence-corrected chi connectivity index (χ0v) is 17.9. The van der Waals surface area contributed by atoms with Crippen molar-refractivity contribution in [3.05, 3.63) is 65.5 Å². The molecule has 0 aliphatic carbocycles. The number of hydrogen-bond donors (Lipinski definition) is 0. The number of esters is 1. The predicted molar refractivity (Wildman–Crippen MR) is 108 cm³/mol. The summed E-state index contributed by atoms with van der Waals surface area (Å²) in [7, 11) is -3.59. The van der Waals surface area contributed by atoms with Crippen molar-refractivity contribution in [1.29, 1.82) is 0 Å². The summed E-state index contributed by atoms with van der Waals surface area (Å²) in [6, 6.07) is 9.62. The van der Waals surface area contributed by atoms with Crippen molar-refractivity contribution >= 4 is 16.0 Å². The number of nitrogens with zero attached hydrogens (tertiary/aromatic N) is 3. The van der Waals surface area contributed by atoms with Gasteiger partial charge in [0, 0.05) is 18.7 Å². The molecule has 1 aromatic heterocycles. The average molecular weight is 481 g/mol. The van der Waals surface area contributed by atoms with Gasteiger partial charge in [-0.25, -0.2) is 13.2 Å². The first-order valence-electron chi connectivity index (χ1n) is 9.92. The highest BCUT2D eigenvalue weighted by molar-refractivity contribution is 7.89. The molecule has 0 N–H and O–H groups in total. The minimum absolute atomic E-state index is 0.0474. The molecular weight excluding hydrogens is 463 g/mol. The first kappa shape index (κ1) is 22.9. The molecule has 0 saturated carbocycles. The Bertz CT molecular complexity index is 1230. The van der Waals surface area contributed by atoms with E-state index >= 15 is 0 Å². The molecule has 0 spiro atoms. The molecule has 1 aliphatic heterocycles. The summed E-state index contributed by atoms with van der Waals surface area (Å²) in [6.45, 7) is 0.593. The van der Waals surface area contributed by atoms with Crippen LogP contribution in [0.4, 0.5) is 13.2 Å². The number of rotatable bonds is 6. The van der Waals surface area contributed by atoms with Crippen molar-refractivity contribution in [1.82, 2.24) is 14.4 Å². The zero-order chi connectivity index (χ0) is 23.6. The van der Waals surface area contributed by atoms with E-state index in [-0.39, 0.29) is 28.8 Å². The van der Waals surface area contributed by atoms with Gasteiger partial charge < -0.3 is 9.26 Å². The second-order valence-corrected chi connectivity index (χ2v) is 9.24. The molecule has 2 heterocycles. The van der Waals surface area contributed by atoms with Crippen LogP contribution in [0.15, 0.2) is 57.9 Å². The smallest absolute Gasteiger partial charge is 0.416 e. The summed E-state index contributed by atoms with van der Waals surface area (Å²) < 4.78 is 74.6. The van der Waals surface area contributed by atoms with Gasteiger partial charge in [0.05, 0.1) is 16.0 Å². The Morgan fingerprint density at radius 2 is 1.67 bits per heavy atom. The summed E-state index contributed by atoms with van der Waals surface area (Å²) in [5.74, 6) is -0.730. The highest BCUT2D eigenvalue weighted by Crippen LogP contribution is 2.30. The van der Waals surface area contributed by atoms with Crippen molar-refractivity contribution in [2.45, 2.75) is 30.5 Å². The second-order valence-electron chi connectivity index (χ2n) is 7.30. The first-order valence-corrected chi connectivity index (χ1v) is 11.4. The monoisotopic (exact) mass is 481 g/mol. The van der Waals surface area contributed by atoms with Crippen LogP contribution in [0.5, 0.6) is 0 Å². The molecule has 0 amide bonds. The number of benzene rings is 2. The van der Waals surface area contributed by atoms with Gasteiger partial charge in [-0.1, -0.05) is 17.3 Å². The Labute approximate surface area is 187 Å². The number of carbonyl (C=O) groups excluding carboxylic acids is 1. The number of sulfonamides is 1. The van der Waals surface area contributed by atoms with Crippen LogP contribution in [-0.4, -0.2) is 41.9 Å². The predicted octanol–water partition coefficient (Wildman–Crippen LogP) is 3.90. The fourth-order valence-corrected chi connectivity index (χ4v) is 4.81. The van der Waals surface area contributed by atoms with E-state index in [1.165, 1.54) is 40.7 Å². The Balaban J connectivity index is 1.37. The maximum atomic E-state index is 12.7. The summed E-state index contributed by atoms with van der Waals surface area (Å²) >= 11 is 0. The summed E-state index contributed by atoms with van der Waals surface area (Å²) in [4.78, 5) is 16.4. The quantitative estimate of drug-likeness (QED) is 0.492. The summed E-state index contributed by atoms with van der Waals surface area (Å²) in [5.41, 5.74) is -0.361. The van der Waals surface area contributed by atoms with Crippen molar-refractivity contribution < 1.29 is 35.6 Å². The van der Waals surface area contributed by atoms with E-state index in [4.69, 9.17) is 9.26 Å². The lowest BCUT2D eigenvalue weighted by molar-refractivity contribution is -0.137. The summed E-state index contributed by atoms with van der Waals surface area (Å²) in [6.07, 6.45) is -2.81. The first-order chi connectivity index (χ1) is 15.6. The highest BCUT2D eigenvalue weighted by Gasteiger charge is 2.30. The van der Waals surface area contributed by atoms with Crippen molar-refractivity contribution in [2.75, 3.05) is 13.1 Å². The Morgan fingerprint density at radius 3 is 2.27 bits per heavy atom. The van der Waals surface area contributed by atoms with Crippen LogP contribution >= 0.6 is 0 Å². The third-order valence-corrected chi connectivity index (χ3v) is 6.97. The number of hydrogen-bond acceptors (Lipinski definition) is 7. The normalized spacial score (nSPS) is 15.0. The minimum atomic E-state index is -4.45. The maximum absolute atomic E-state index is 12.7. The van der Waals surface area contributed by atoms with Gasteiger partial charge >= 0.3 is 12.1 Å². The Hall–Kier alpha value is -3.25. The second kappa shape index (κ2) is 8.94. The molecule has 0 bridgehead atoms. The molecule has 4 rings (SSSR count). The van der Waals surface area contributed by atoms with E-state index in [0.29, 0.717) is 18.7 Å². The number of carbonyl (C=O) groups is 1. The van der Waals surface area contributed by atoms with Crippen molar-refractivity contribution in [3.63, 3.8) is 0 Å². The lowest BCUT2D eigenvalue weighted by atomic mass is 10.1. The standard InChI is InChI=1S/C21H18F3N3O5S/c22-21(23,24)16-7-3-14(4-8-16)19-25-18(32-26-19)13-31-20(28)15-5-9-17(10-6-15)33(29,30)27-11-1-2-12-27/h3-10H,1-2,11-13H2. The van der Waals surface area contributed by atoms with Crippen LogP contribution in [0.1, 0.15) is 34.7 Å².